The number of thiocarbonyl (C=S) groups is 1. The van der Waals surface area contributed by atoms with Gasteiger partial charge in [-0.25, -0.2) is 0 Å². The summed E-state index contributed by atoms with van der Waals surface area (Å²) in [5.74, 6) is 0. The van der Waals surface area contributed by atoms with Gasteiger partial charge in [0.15, 0.2) is 0 Å². The Hall–Kier alpha value is -1.13. The molecule has 4 heteroatoms. The van der Waals surface area contributed by atoms with Crippen molar-refractivity contribution in [2.75, 3.05) is 18.5 Å². The van der Waals surface area contributed by atoms with Crippen molar-refractivity contribution in [2.45, 2.75) is 32.3 Å². The van der Waals surface area contributed by atoms with Gasteiger partial charge in [-0.1, -0.05) is 23.8 Å². The maximum Gasteiger partial charge on any atom is 0.106 e. The summed E-state index contributed by atoms with van der Waals surface area (Å²) < 4.78 is 5.60. The number of benzene rings is 1. The lowest BCUT2D eigenvalue weighted by atomic mass is 10.1. The molecule has 2 rings (SSSR count). The quantitative estimate of drug-likeness (QED) is 0.803. The van der Waals surface area contributed by atoms with E-state index in [-0.39, 0.29) is 0 Å². The predicted molar refractivity (Wildman–Crippen MR) is 79.1 cm³/mol. The minimum absolute atomic E-state index is 0.413. The van der Waals surface area contributed by atoms with Crippen LogP contribution in [0.15, 0.2) is 18.2 Å². The molecule has 1 heterocycles. The largest absolute Gasteiger partial charge is 0.389 e. The number of hydrogen-bond donors (Lipinski definition) is 2. The van der Waals surface area contributed by atoms with Crippen molar-refractivity contribution in [3.05, 3.63) is 29.3 Å². The highest BCUT2D eigenvalue weighted by atomic mass is 32.1. The third-order valence-electron chi connectivity index (χ3n) is 3.25. The first-order valence-corrected chi connectivity index (χ1v) is 6.83. The summed E-state index contributed by atoms with van der Waals surface area (Å²) in [5.41, 5.74) is 8.86. The lowest BCUT2D eigenvalue weighted by Gasteiger charge is -2.14. The van der Waals surface area contributed by atoms with E-state index in [1.807, 2.05) is 19.1 Å². The highest BCUT2D eigenvalue weighted by Crippen LogP contribution is 2.19. The van der Waals surface area contributed by atoms with Gasteiger partial charge in [-0.05, 0) is 38.3 Å². The average Bonchev–Trinajstić information content (AvgIpc) is 2.84. The number of hydrogen-bond acceptors (Lipinski definition) is 3. The van der Waals surface area contributed by atoms with Crippen LogP contribution in [0.3, 0.4) is 0 Å². The maximum atomic E-state index is 5.74. The first-order chi connectivity index (χ1) is 8.66. The Kier molecular flexibility index (Phi) is 4.55. The van der Waals surface area contributed by atoms with E-state index in [0.717, 1.165) is 30.8 Å². The molecule has 1 aromatic rings. The molecule has 98 valence electrons. The Morgan fingerprint density at radius 2 is 2.39 bits per heavy atom. The molecule has 1 saturated heterocycles. The van der Waals surface area contributed by atoms with E-state index in [9.17, 15) is 0 Å². The summed E-state index contributed by atoms with van der Waals surface area (Å²) in [5, 5.41) is 3.40. The Morgan fingerprint density at radius 3 is 3.06 bits per heavy atom. The van der Waals surface area contributed by atoms with E-state index in [2.05, 4.69) is 11.4 Å². The van der Waals surface area contributed by atoms with Crippen LogP contribution in [0.2, 0.25) is 0 Å². The van der Waals surface area contributed by atoms with E-state index in [0.29, 0.717) is 11.1 Å². The normalized spacial score (nSPS) is 18.8. The number of anilines is 1. The molecule has 3 nitrogen and oxygen atoms in total. The highest BCUT2D eigenvalue weighted by molar-refractivity contribution is 7.80. The van der Waals surface area contributed by atoms with Crippen LogP contribution in [0.25, 0.3) is 0 Å². The smallest absolute Gasteiger partial charge is 0.106 e. The molecule has 0 aliphatic carbocycles. The molecule has 1 unspecified atom stereocenters. The lowest BCUT2D eigenvalue weighted by molar-refractivity contribution is 0.107. The molecule has 18 heavy (non-hydrogen) atoms. The summed E-state index contributed by atoms with van der Waals surface area (Å²) in [6.07, 6.45) is 3.81. The van der Waals surface area contributed by atoms with Crippen LogP contribution in [0.1, 0.15) is 30.4 Å². The molecule has 0 aromatic heterocycles. The topological polar surface area (TPSA) is 47.3 Å². The summed E-state index contributed by atoms with van der Waals surface area (Å²) in [6, 6.07) is 6.13. The van der Waals surface area contributed by atoms with Crippen molar-refractivity contribution in [3.63, 3.8) is 0 Å². The van der Waals surface area contributed by atoms with Crippen molar-refractivity contribution in [1.29, 1.82) is 0 Å². The summed E-state index contributed by atoms with van der Waals surface area (Å²) in [7, 11) is 0. The molecule has 1 fully saturated rings. The number of ether oxygens (including phenoxy) is 1. The summed E-state index contributed by atoms with van der Waals surface area (Å²) in [6.45, 7) is 3.84. The first-order valence-electron chi connectivity index (χ1n) is 6.43. The van der Waals surface area contributed by atoms with Gasteiger partial charge in [-0.15, -0.1) is 0 Å². The van der Waals surface area contributed by atoms with Crippen LogP contribution in [0.4, 0.5) is 5.69 Å². The van der Waals surface area contributed by atoms with E-state index < -0.39 is 0 Å². The van der Waals surface area contributed by atoms with Crippen molar-refractivity contribution < 1.29 is 4.74 Å². The number of nitrogens with one attached hydrogen (secondary N) is 1. The van der Waals surface area contributed by atoms with Crippen LogP contribution in [-0.4, -0.2) is 24.2 Å². The van der Waals surface area contributed by atoms with Crippen LogP contribution in [-0.2, 0) is 4.74 Å². The van der Waals surface area contributed by atoms with Crippen LogP contribution in [0.5, 0.6) is 0 Å². The van der Waals surface area contributed by atoms with E-state index in [1.165, 1.54) is 18.4 Å². The van der Waals surface area contributed by atoms with Gasteiger partial charge in [-0.3, -0.25) is 0 Å². The predicted octanol–water partition coefficient (Wildman–Crippen LogP) is 2.61. The van der Waals surface area contributed by atoms with Gasteiger partial charge < -0.3 is 15.8 Å². The highest BCUT2D eigenvalue weighted by Gasteiger charge is 2.15. The van der Waals surface area contributed by atoms with Gasteiger partial charge in [0.2, 0.25) is 0 Å². The molecule has 0 spiro atoms. The fourth-order valence-electron chi connectivity index (χ4n) is 2.26. The van der Waals surface area contributed by atoms with Gasteiger partial charge >= 0.3 is 0 Å². The van der Waals surface area contributed by atoms with Gasteiger partial charge in [0, 0.05) is 24.4 Å². The summed E-state index contributed by atoms with van der Waals surface area (Å²) >= 11 is 5.08. The molecule has 3 N–H and O–H groups in total. The zero-order valence-electron chi connectivity index (χ0n) is 10.7. The Bertz CT molecular complexity index is 428. The van der Waals surface area contributed by atoms with E-state index in [4.69, 9.17) is 22.7 Å². The van der Waals surface area contributed by atoms with Crippen LogP contribution < -0.4 is 11.1 Å². The van der Waals surface area contributed by atoms with Crippen molar-refractivity contribution in [1.82, 2.24) is 0 Å². The monoisotopic (exact) mass is 264 g/mol. The van der Waals surface area contributed by atoms with Gasteiger partial charge in [0.05, 0.1) is 6.10 Å². The van der Waals surface area contributed by atoms with Crippen LogP contribution >= 0.6 is 12.2 Å². The fourth-order valence-corrected chi connectivity index (χ4v) is 2.42. The van der Waals surface area contributed by atoms with Crippen molar-refractivity contribution in [2.24, 2.45) is 5.73 Å². The lowest BCUT2D eigenvalue weighted by Crippen LogP contribution is -2.16. The molecule has 0 radical (unpaired) electrons. The third-order valence-corrected chi connectivity index (χ3v) is 3.47. The molecule has 0 bridgehead atoms. The molecule has 1 aliphatic heterocycles. The molecule has 1 atom stereocenters. The maximum absolute atomic E-state index is 5.74. The van der Waals surface area contributed by atoms with E-state index >= 15 is 0 Å². The third kappa shape index (κ3) is 3.43. The number of nitrogens with two attached hydrogens (primary N) is 1. The molecule has 0 saturated carbocycles. The standard InChI is InChI=1S/C14H20N2OS/c1-10-4-5-13(12(9-10)14(15)18)16-7-6-11-3-2-8-17-11/h4-5,9,11,16H,2-3,6-8H2,1H3,(H2,15,18). The van der Waals surface area contributed by atoms with Crippen molar-refractivity contribution >= 4 is 22.9 Å². The molecule has 0 amide bonds. The average molecular weight is 264 g/mol. The SMILES string of the molecule is Cc1ccc(NCCC2CCCO2)c(C(N)=S)c1. The molecule has 1 aromatic carbocycles. The second-order valence-corrected chi connectivity index (χ2v) is 5.20. The molecular formula is C14H20N2OS. The van der Waals surface area contributed by atoms with Crippen LogP contribution in [0, 0.1) is 6.92 Å². The first kappa shape index (κ1) is 13.3. The minimum atomic E-state index is 0.413. The Balaban J connectivity index is 1.93. The fraction of sp³-hybridized carbons (Fsp3) is 0.500. The Morgan fingerprint density at radius 1 is 1.56 bits per heavy atom. The van der Waals surface area contributed by atoms with E-state index in [1.54, 1.807) is 0 Å². The zero-order chi connectivity index (χ0) is 13.0. The second-order valence-electron chi connectivity index (χ2n) is 4.76. The minimum Gasteiger partial charge on any atom is -0.389 e. The second kappa shape index (κ2) is 6.16. The summed E-state index contributed by atoms with van der Waals surface area (Å²) in [4.78, 5) is 0.443. The Labute approximate surface area is 114 Å². The zero-order valence-corrected chi connectivity index (χ0v) is 11.6. The van der Waals surface area contributed by atoms with Crippen molar-refractivity contribution in [3.8, 4) is 0 Å². The number of rotatable bonds is 5. The molecular weight excluding hydrogens is 244 g/mol. The van der Waals surface area contributed by atoms with Gasteiger partial charge in [0.25, 0.3) is 0 Å². The van der Waals surface area contributed by atoms with Gasteiger partial charge in [0.1, 0.15) is 4.99 Å². The molecule has 1 aliphatic rings. The van der Waals surface area contributed by atoms with Gasteiger partial charge in [-0.2, -0.15) is 0 Å². The number of aryl methyl sites for hydroxylation is 1.